The molecule has 9 nitrogen and oxygen atoms in total. The zero-order valence-electron chi connectivity index (χ0n) is 20.1. The number of nitrogens with zero attached hydrogens (tertiary/aromatic N) is 5. The summed E-state index contributed by atoms with van der Waals surface area (Å²) >= 11 is 0. The first kappa shape index (κ1) is 23.7. The summed E-state index contributed by atoms with van der Waals surface area (Å²) in [5.74, 6) is -0.621. The minimum atomic E-state index is -0.647. The summed E-state index contributed by atoms with van der Waals surface area (Å²) in [7, 11) is 0. The molecular weight excluding hydrogens is 454 g/mol. The van der Waals surface area contributed by atoms with Crippen LogP contribution in [0.5, 0.6) is 0 Å². The van der Waals surface area contributed by atoms with Crippen LogP contribution in [0, 0.1) is 17.2 Å². The van der Waals surface area contributed by atoms with Crippen LogP contribution in [0.2, 0.25) is 0 Å². The number of hydrogen-bond donors (Lipinski definition) is 2. The lowest BCUT2D eigenvalue weighted by molar-refractivity contribution is -0.117. The molecule has 1 aromatic carbocycles. The van der Waals surface area contributed by atoms with Crippen molar-refractivity contribution in [1.82, 2.24) is 19.7 Å². The van der Waals surface area contributed by atoms with Crippen LogP contribution in [-0.4, -0.2) is 44.6 Å². The lowest BCUT2D eigenvalue weighted by Crippen LogP contribution is -2.46. The van der Waals surface area contributed by atoms with E-state index in [0.29, 0.717) is 12.8 Å². The largest absolute Gasteiger partial charge is 0.365 e. The van der Waals surface area contributed by atoms with Gasteiger partial charge in [-0.15, -0.1) is 0 Å². The molecule has 0 bridgehead atoms. The van der Waals surface area contributed by atoms with Crippen molar-refractivity contribution in [2.45, 2.75) is 44.2 Å². The summed E-state index contributed by atoms with van der Waals surface area (Å²) in [6.07, 6.45) is 6.73. The van der Waals surface area contributed by atoms with Crippen molar-refractivity contribution in [2.75, 3.05) is 18.4 Å². The molecule has 1 aliphatic heterocycles. The third kappa shape index (κ3) is 4.99. The predicted molar refractivity (Wildman–Crippen MR) is 134 cm³/mol. The fourth-order valence-corrected chi connectivity index (χ4v) is 4.79. The van der Waals surface area contributed by atoms with Crippen LogP contribution in [0.3, 0.4) is 0 Å². The molecule has 184 valence electrons. The van der Waals surface area contributed by atoms with Gasteiger partial charge in [0.2, 0.25) is 5.91 Å². The highest BCUT2D eigenvalue weighted by atomic mass is 16.2. The molecule has 3 N–H and O–H groups in total. The quantitative estimate of drug-likeness (QED) is 0.506. The average Bonchev–Trinajstić information content (AvgIpc) is 3.66. The van der Waals surface area contributed by atoms with Gasteiger partial charge >= 0.3 is 0 Å². The number of nitrogens with two attached hydrogens (primary N) is 1. The van der Waals surface area contributed by atoms with E-state index in [1.807, 2.05) is 18.2 Å². The third-order valence-electron chi connectivity index (χ3n) is 7.17. The topological polar surface area (TPSA) is 130 Å². The number of benzene rings is 1. The van der Waals surface area contributed by atoms with E-state index in [9.17, 15) is 14.9 Å². The van der Waals surface area contributed by atoms with E-state index >= 15 is 0 Å². The van der Waals surface area contributed by atoms with E-state index in [4.69, 9.17) is 5.73 Å². The Morgan fingerprint density at radius 1 is 1.14 bits per heavy atom. The van der Waals surface area contributed by atoms with Gasteiger partial charge in [-0.05, 0) is 43.4 Å². The van der Waals surface area contributed by atoms with E-state index in [-0.39, 0.29) is 29.6 Å². The van der Waals surface area contributed by atoms with Crippen LogP contribution in [0.25, 0.3) is 11.3 Å². The van der Waals surface area contributed by atoms with Gasteiger partial charge in [0.25, 0.3) is 5.91 Å². The van der Waals surface area contributed by atoms with Crippen molar-refractivity contribution in [1.29, 1.82) is 5.26 Å². The number of aromatic nitrogens is 3. The number of carbonyl (C=O) groups excluding carboxylic acids is 2. The highest BCUT2D eigenvalue weighted by molar-refractivity contribution is 6.02. The molecule has 9 heteroatoms. The summed E-state index contributed by atoms with van der Waals surface area (Å²) in [5, 5.41) is 16.9. The highest BCUT2D eigenvalue weighted by Crippen LogP contribution is 2.36. The minimum Gasteiger partial charge on any atom is -0.365 e. The van der Waals surface area contributed by atoms with Gasteiger partial charge in [-0.2, -0.15) is 10.4 Å². The van der Waals surface area contributed by atoms with Crippen molar-refractivity contribution in [3.63, 3.8) is 0 Å². The molecule has 36 heavy (non-hydrogen) atoms. The molecule has 3 heterocycles. The predicted octanol–water partition coefficient (Wildman–Crippen LogP) is 3.30. The molecular formula is C27H29N7O2. The number of nitriles is 1. The Morgan fingerprint density at radius 3 is 2.50 bits per heavy atom. The highest BCUT2D eigenvalue weighted by Gasteiger charge is 2.39. The molecule has 2 aliphatic rings. The van der Waals surface area contributed by atoms with Gasteiger partial charge in [0.05, 0.1) is 23.7 Å². The van der Waals surface area contributed by atoms with E-state index in [0.717, 1.165) is 43.7 Å². The maximum atomic E-state index is 12.3. The number of likely N-dealkylation sites (tertiary alicyclic amines) is 1. The number of nitrogens with one attached hydrogen (secondary N) is 1. The second-order valence-electron chi connectivity index (χ2n) is 9.71. The van der Waals surface area contributed by atoms with Gasteiger partial charge in [0.1, 0.15) is 5.56 Å². The number of amides is 2. The number of pyridine rings is 1. The van der Waals surface area contributed by atoms with Gasteiger partial charge in [0.15, 0.2) is 5.82 Å². The molecule has 2 amide bonds. The first-order valence-corrected chi connectivity index (χ1v) is 12.3. The molecule has 2 aromatic heterocycles. The molecule has 0 spiro atoms. The lowest BCUT2D eigenvalue weighted by Gasteiger charge is -2.40. The molecule has 0 atom stereocenters. The molecule has 1 aliphatic carbocycles. The van der Waals surface area contributed by atoms with Gasteiger partial charge in [-0.25, -0.2) is 0 Å². The Bertz CT molecular complexity index is 1280. The second-order valence-corrected chi connectivity index (χ2v) is 9.71. The molecule has 1 saturated heterocycles. The van der Waals surface area contributed by atoms with E-state index in [2.05, 4.69) is 50.6 Å². The van der Waals surface area contributed by atoms with Gasteiger partial charge in [-0.1, -0.05) is 30.3 Å². The molecule has 1 saturated carbocycles. The van der Waals surface area contributed by atoms with Crippen LogP contribution in [0.15, 0.2) is 54.9 Å². The maximum Gasteiger partial charge on any atom is 0.254 e. The van der Waals surface area contributed by atoms with Crippen LogP contribution < -0.4 is 11.1 Å². The normalized spacial score (nSPS) is 17.3. The first-order valence-electron chi connectivity index (χ1n) is 12.3. The molecule has 2 fully saturated rings. The van der Waals surface area contributed by atoms with Crippen LogP contribution in [0.1, 0.15) is 48.0 Å². The standard InChI is InChI=1S/C27H29N7O2/c28-13-10-27(34-18-22(24(29)35)25(32-34)31-26(36)21-8-9-21)11-15-33(16-12-27)17-19-4-6-20(7-5-19)23-3-1-2-14-30-23/h1-7,14,18,21H,8-12,15-17H2,(H2,29,35)(H,31,32,36). The van der Waals surface area contributed by atoms with Gasteiger partial charge < -0.3 is 11.1 Å². The fourth-order valence-electron chi connectivity index (χ4n) is 4.79. The third-order valence-corrected chi connectivity index (χ3v) is 7.17. The fraction of sp³-hybridized carbons (Fsp3) is 0.370. The van der Waals surface area contributed by atoms with Crippen LogP contribution in [-0.2, 0) is 16.9 Å². The Morgan fingerprint density at radius 2 is 1.89 bits per heavy atom. The van der Waals surface area contributed by atoms with Crippen molar-refractivity contribution in [3.8, 4) is 17.3 Å². The van der Waals surface area contributed by atoms with Gasteiger partial charge in [-0.3, -0.25) is 24.2 Å². The van der Waals surface area contributed by atoms with Crippen molar-refractivity contribution in [2.24, 2.45) is 11.7 Å². The van der Waals surface area contributed by atoms with E-state index in [1.54, 1.807) is 17.1 Å². The van der Waals surface area contributed by atoms with E-state index < -0.39 is 11.4 Å². The Kier molecular flexibility index (Phi) is 6.53. The monoisotopic (exact) mass is 483 g/mol. The molecule has 5 rings (SSSR count). The first-order chi connectivity index (χ1) is 17.5. The summed E-state index contributed by atoms with van der Waals surface area (Å²) in [6.45, 7) is 2.36. The number of carbonyl (C=O) groups is 2. The van der Waals surface area contributed by atoms with Crippen molar-refractivity contribution in [3.05, 3.63) is 66.0 Å². The summed E-state index contributed by atoms with van der Waals surface area (Å²) in [5.41, 5.74) is 8.44. The summed E-state index contributed by atoms with van der Waals surface area (Å²) in [4.78, 5) is 31.1. The van der Waals surface area contributed by atoms with Crippen molar-refractivity contribution < 1.29 is 9.59 Å². The zero-order valence-corrected chi connectivity index (χ0v) is 20.1. The van der Waals surface area contributed by atoms with Crippen molar-refractivity contribution >= 4 is 17.6 Å². The lowest BCUT2D eigenvalue weighted by atomic mass is 9.84. The Labute approximate surface area is 209 Å². The Balaban J connectivity index is 1.28. The number of rotatable bonds is 8. The number of primary amides is 1. The summed E-state index contributed by atoms with van der Waals surface area (Å²) < 4.78 is 1.69. The Hall–Kier alpha value is -4.03. The number of hydrogen-bond acceptors (Lipinski definition) is 6. The minimum absolute atomic E-state index is 0.0230. The molecule has 0 radical (unpaired) electrons. The zero-order chi connectivity index (χ0) is 25.1. The molecule has 0 unspecified atom stereocenters. The molecule has 3 aromatic rings. The van der Waals surface area contributed by atoms with Crippen LogP contribution in [0.4, 0.5) is 5.82 Å². The number of piperidine rings is 1. The smallest absolute Gasteiger partial charge is 0.254 e. The average molecular weight is 484 g/mol. The number of anilines is 1. The maximum absolute atomic E-state index is 12.3. The second kappa shape index (κ2) is 9.91. The summed E-state index contributed by atoms with van der Waals surface area (Å²) in [6, 6.07) is 16.6. The van der Waals surface area contributed by atoms with E-state index in [1.165, 1.54) is 5.56 Å². The van der Waals surface area contributed by atoms with Crippen LogP contribution >= 0.6 is 0 Å². The SMILES string of the molecule is N#CCC1(n2cc(C(N)=O)c(NC(=O)C3CC3)n2)CCN(Cc2ccc(-c3ccccn3)cc2)CC1. The van der Waals surface area contributed by atoms with Gasteiger partial charge in [0, 0.05) is 43.5 Å².